The van der Waals surface area contributed by atoms with Crippen molar-refractivity contribution in [3.05, 3.63) is 58.2 Å². The van der Waals surface area contributed by atoms with E-state index < -0.39 is 0 Å². The normalized spacial score (nSPS) is 10.7. The third kappa shape index (κ3) is 4.40. The fourth-order valence-corrected chi connectivity index (χ4v) is 4.28. The monoisotopic (exact) mass is 401 g/mol. The van der Waals surface area contributed by atoms with Crippen LogP contribution in [0.25, 0.3) is 10.2 Å². The molecule has 0 aliphatic carbocycles. The third-order valence-electron chi connectivity index (χ3n) is 3.74. The summed E-state index contributed by atoms with van der Waals surface area (Å²) < 4.78 is 6.70. The summed E-state index contributed by atoms with van der Waals surface area (Å²) >= 11 is 2.70. The number of anilines is 1. The zero-order valence-corrected chi connectivity index (χ0v) is 16.7. The van der Waals surface area contributed by atoms with Crippen LogP contribution in [-0.2, 0) is 11.3 Å². The van der Waals surface area contributed by atoms with E-state index in [9.17, 15) is 9.59 Å². The molecule has 8 heteroatoms. The number of rotatable bonds is 7. The lowest BCUT2D eigenvalue weighted by molar-refractivity contribution is -0.113. The van der Waals surface area contributed by atoms with Gasteiger partial charge in [0.15, 0.2) is 5.16 Å². The van der Waals surface area contributed by atoms with Gasteiger partial charge in [-0.1, -0.05) is 23.9 Å². The van der Waals surface area contributed by atoms with Gasteiger partial charge >= 0.3 is 0 Å². The molecule has 0 radical (unpaired) electrons. The van der Waals surface area contributed by atoms with E-state index in [-0.39, 0.29) is 17.2 Å². The first-order chi connectivity index (χ1) is 13.0. The molecule has 0 spiro atoms. The van der Waals surface area contributed by atoms with Crippen LogP contribution in [0.5, 0.6) is 5.75 Å². The average molecular weight is 402 g/mol. The number of amides is 1. The molecule has 1 N–H and O–H groups in total. The number of carbonyl (C=O) groups excluding carboxylic acids is 1. The first-order valence-corrected chi connectivity index (χ1v) is 10.0. The summed E-state index contributed by atoms with van der Waals surface area (Å²) in [5.41, 5.74) is 0.542. The Bertz CT molecular complexity index is 1060. The Hall–Kier alpha value is -2.58. The number of fused-ring (bicyclic) bond motifs is 1. The molecule has 3 rings (SSSR count). The minimum atomic E-state index is -0.185. The molecule has 0 unspecified atom stereocenters. The molecule has 0 atom stereocenters. The largest absolute Gasteiger partial charge is 0.497 e. The molecular weight excluding hydrogens is 382 g/mol. The number of carbonyl (C=O) groups is 1. The van der Waals surface area contributed by atoms with Crippen molar-refractivity contribution >= 4 is 44.9 Å². The second-order valence-electron chi connectivity index (χ2n) is 5.74. The summed E-state index contributed by atoms with van der Waals surface area (Å²) in [6.45, 7) is 5.99. The molecule has 0 fully saturated rings. The smallest absolute Gasteiger partial charge is 0.263 e. The molecule has 3 aromatic rings. The van der Waals surface area contributed by atoms with Crippen molar-refractivity contribution in [1.29, 1.82) is 0 Å². The summed E-state index contributed by atoms with van der Waals surface area (Å²) in [5.74, 6) is 0.618. The highest BCUT2D eigenvalue weighted by molar-refractivity contribution is 7.99. The SMILES string of the molecule is C=CCn1c(SCC(=O)Nc2cccc(OC)c2)nc2sc(C)cc2c1=O. The molecule has 0 aliphatic rings. The quantitative estimate of drug-likeness (QED) is 0.371. The molecule has 2 heterocycles. The lowest BCUT2D eigenvalue weighted by Gasteiger charge is -2.10. The van der Waals surface area contributed by atoms with E-state index >= 15 is 0 Å². The Morgan fingerprint density at radius 1 is 1.44 bits per heavy atom. The van der Waals surface area contributed by atoms with E-state index in [1.54, 1.807) is 42.0 Å². The lowest BCUT2D eigenvalue weighted by atomic mass is 10.3. The number of hydrogen-bond donors (Lipinski definition) is 1. The maximum absolute atomic E-state index is 12.7. The van der Waals surface area contributed by atoms with Crippen LogP contribution < -0.4 is 15.6 Å². The second kappa shape index (κ2) is 8.41. The first kappa shape index (κ1) is 19.2. The Morgan fingerprint density at radius 2 is 2.26 bits per heavy atom. The molecule has 0 aliphatic heterocycles. The van der Waals surface area contributed by atoms with Crippen molar-refractivity contribution in [2.24, 2.45) is 0 Å². The minimum absolute atomic E-state index is 0.111. The lowest BCUT2D eigenvalue weighted by Crippen LogP contribution is -2.23. The van der Waals surface area contributed by atoms with Crippen molar-refractivity contribution in [3.8, 4) is 5.75 Å². The number of thiophene rings is 1. The van der Waals surface area contributed by atoms with Crippen LogP contribution in [0.15, 0.2) is 52.9 Å². The Labute approximate surface area is 164 Å². The van der Waals surface area contributed by atoms with Crippen molar-refractivity contribution in [2.45, 2.75) is 18.6 Å². The zero-order valence-electron chi connectivity index (χ0n) is 15.0. The molecule has 1 aromatic carbocycles. The van der Waals surface area contributed by atoms with E-state index in [1.807, 2.05) is 13.0 Å². The standard InChI is InChI=1S/C19H19N3O3S2/c1-4-8-22-18(24)15-9-12(2)27-17(15)21-19(22)26-11-16(23)20-13-6-5-7-14(10-13)25-3/h4-7,9-10H,1,8,11H2,2-3H3,(H,20,23). The van der Waals surface area contributed by atoms with Gasteiger partial charge in [-0.3, -0.25) is 14.2 Å². The van der Waals surface area contributed by atoms with Crippen LogP contribution in [0.3, 0.4) is 0 Å². The van der Waals surface area contributed by atoms with Gasteiger partial charge in [0.25, 0.3) is 5.56 Å². The number of thioether (sulfide) groups is 1. The van der Waals surface area contributed by atoms with Gasteiger partial charge < -0.3 is 10.1 Å². The third-order valence-corrected chi connectivity index (χ3v) is 5.66. The van der Waals surface area contributed by atoms with Crippen molar-refractivity contribution < 1.29 is 9.53 Å². The van der Waals surface area contributed by atoms with Crippen molar-refractivity contribution in [3.63, 3.8) is 0 Å². The van der Waals surface area contributed by atoms with Crippen LogP contribution in [-0.4, -0.2) is 28.3 Å². The molecule has 6 nitrogen and oxygen atoms in total. The summed E-state index contributed by atoms with van der Waals surface area (Å²) in [5, 5.41) is 3.93. The fraction of sp³-hybridized carbons (Fsp3) is 0.211. The highest BCUT2D eigenvalue weighted by Crippen LogP contribution is 2.24. The number of ether oxygens (including phenoxy) is 1. The summed E-state index contributed by atoms with van der Waals surface area (Å²) in [6.07, 6.45) is 1.65. The topological polar surface area (TPSA) is 73.2 Å². The predicted octanol–water partition coefficient (Wildman–Crippen LogP) is 3.69. The van der Waals surface area contributed by atoms with E-state index in [0.29, 0.717) is 33.4 Å². The molecule has 1 amide bonds. The molecule has 0 bridgehead atoms. The molecule has 27 heavy (non-hydrogen) atoms. The van der Waals surface area contributed by atoms with Crippen molar-refractivity contribution in [1.82, 2.24) is 9.55 Å². The van der Waals surface area contributed by atoms with Crippen LogP contribution in [0.2, 0.25) is 0 Å². The van der Waals surface area contributed by atoms with Crippen LogP contribution >= 0.6 is 23.1 Å². The van der Waals surface area contributed by atoms with Crippen LogP contribution in [0.4, 0.5) is 5.69 Å². The molecule has 0 saturated carbocycles. The molecule has 140 valence electrons. The van der Waals surface area contributed by atoms with E-state index in [1.165, 1.54) is 23.1 Å². The summed E-state index contributed by atoms with van der Waals surface area (Å²) in [6, 6.07) is 8.99. The van der Waals surface area contributed by atoms with Gasteiger partial charge in [-0.05, 0) is 25.1 Å². The van der Waals surface area contributed by atoms with E-state index in [4.69, 9.17) is 4.74 Å². The number of allylic oxidation sites excluding steroid dienone is 1. The molecular formula is C19H19N3O3S2. The highest BCUT2D eigenvalue weighted by atomic mass is 32.2. The minimum Gasteiger partial charge on any atom is -0.497 e. The second-order valence-corrected chi connectivity index (χ2v) is 7.92. The van der Waals surface area contributed by atoms with Gasteiger partial charge in [0.2, 0.25) is 5.91 Å². The van der Waals surface area contributed by atoms with Gasteiger partial charge in [0.1, 0.15) is 10.6 Å². The van der Waals surface area contributed by atoms with Gasteiger partial charge in [0, 0.05) is 23.2 Å². The summed E-state index contributed by atoms with van der Waals surface area (Å²) in [4.78, 5) is 31.3. The zero-order chi connectivity index (χ0) is 19.4. The van der Waals surface area contributed by atoms with E-state index in [2.05, 4.69) is 16.9 Å². The number of methoxy groups -OCH3 is 1. The maximum Gasteiger partial charge on any atom is 0.263 e. The summed E-state index contributed by atoms with van der Waals surface area (Å²) in [7, 11) is 1.57. The van der Waals surface area contributed by atoms with Gasteiger partial charge in [-0.15, -0.1) is 17.9 Å². The number of aryl methyl sites for hydroxylation is 1. The highest BCUT2D eigenvalue weighted by Gasteiger charge is 2.14. The van der Waals surface area contributed by atoms with Gasteiger partial charge in [-0.2, -0.15) is 0 Å². The average Bonchev–Trinajstić information content (AvgIpc) is 3.03. The predicted molar refractivity (Wildman–Crippen MR) is 111 cm³/mol. The Morgan fingerprint density at radius 3 is 3.00 bits per heavy atom. The van der Waals surface area contributed by atoms with Crippen LogP contribution in [0, 0.1) is 6.92 Å². The molecule has 2 aromatic heterocycles. The van der Waals surface area contributed by atoms with Crippen LogP contribution in [0.1, 0.15) is 4.88 Å². The number of nitrogens with one attached hydrogen (secondary N) is 1. The Balaban J connectivity index is 1.79. The number of benzene rings is 1. The first-order valence-electron chi connectivity index (χ1n) is 8.20. The number of aromatic nitrogens is 2. The number of nitrogens with zero attached hydrogens (tertiary/aromatic N) is 2. The Kier molecular flexibility index (Phi) is 5.98. The fourth-order valence-electron chi connectivity index (χ4n) is 2.55. The van der Waals surface area contributed by atoms with E-state index in [0.717, 1.165) is 4.88 Å². The maximum atomic E-state index is 12.7. The van der Waals surface area contributed by atoms with Crippen molar-refractivity contribution in [2.75, 3.05) is 18.2 Å². The molecule has 0 saturated heterocycles. The number of hydrogen-bond acceptors (Lipinski definition) is 6. The van der Waals surface area contributed by atoms with Gasteiger partial charge in [-0.25, -0.2) is 4.98 Å². The van der Waals surface area contributed by atoms with Gasteiger partial charge in [0.05, 0.1) is 18.2 Å².